The molecule has 1 amide bonds. The van der Waals surface area contributed by atoms with Crippen LogP contribution < -0.4 is 0 Å². The number of amides is 1. The lowest BCUT2D eigenvalue weighted by Gasteiger charge is -2.26. The van der Waals surface area contributed by atoms with Crippen molar-refractivity contribution in [1.29, 1.82) is 0 Å². The van der Waals surface area contributed by atoms with Gasteiger partial charge in [0.2, 0.25) is 5.91 Å². The number of aryl methyl sites for hydroxylation is 1. The molecule has 2 heterocycles. The second-order valence-electron chi connectivity index (χ2n) is 5.64. The second-order valence-corrected chi connectivity index (χ2v) is 5.64. The van der Waals surface area contributed by atoms with Gasteiger partial charge in [-0.15, -0.1) is 0 Å². The average molecular weight is 277 g/mol. The van der Waals surface area contributed by atoms with Gasteiger partial charge < -0.3 is 10.0 Å². The van der Waals surface area contributed by atoms with Crippen molar-refractivity contribution in [1.82, 2.24) is 14.7 Å². The first-order valence-corrected chi connectivity index (χ1v) is 7.12. The number of carbonyl (C=O) groups is 2. The van der Waals surface area contributed by atoms with E-state index in [4.69, 9.17) is 5.11 Å². The van der Waals surface area contributed by atoms with Gasteiger partial charge in [-0.3, -0.25) is 14.3 Å². The SMILES string of the molecule is CC(=O)N1CCc2c(c(C3CC3)nn2CCC(=O)O)C1. The summed E-state index contributed by atoms with van der Waals surface area (Å²) in [5.74, 6) is -0.194. The van der Waals surface area contributed by atoms with Crippen LogP contribution in [0.3, 0.4) is 0 Å². The third-order valence-corrected chi connectivity index (χ3v) is 4.11. The smallest absolute Gasteiger partial charge is 0.305 e. The monoisotopic (exact) mass is 277 g/mol. The highest BCUT2D eigenvalue weighted by Crippen LogP contribution is 2.42. The van der Waals surface area contributed by atoms with Crippen molar-refractivity contribution in [2.45, 2.75) is 51.6 Å². The van der Waals surface area contributed by atoms with E-state index in [9.17, 15) is 9.59 Å². The minimum atomic E-state index is -0.802. The Morgan fingerprint density at radius 1 is 1.40 bits per heavy atom. The van der Waals surface area contributed by atoms with E-state index in [-0.39, 0.29) is 12.3 Å². The summed E-state index contributed by atoms with van der Waals surface area (Å²) in [5.41, 5.74) is 3.39. The molecule has 108 valence electrons. The lowest BCUT2D eigenvalue weighted by atomic mass is 10.0. The fourth-order valence-corrected chi connectivity index (χ4v) is 2.86. The van der Waals surface area contributed by atoms with Crippen LogP contribution in [0.1, 0.15) is 49.1 Å². The molecule has 0 unspecified atom stereocenters. The summed E-state index contributed by atoms with van der Waals surface area (Å²) in [6.45, 7) is 3.34. The van der Waals surface area contributed by atoms with E-state index in [1.54, 1.807) is 6.92 Å². The third-order valence-electron chi connectivity index (χ3n) is 4.11. The molecule has 0 atom stereocenters. The Balaban J connectivity index is 1.89. The van der Waals surface area contributed by atoms with Crippen LogP contribution in [0.5, 0.6) is 0 Å². The van der Waals surface area contributed by atoms with E-state index in [1.807, 2.05) is 9.58 Å². The van der Waals surface area contributed by atoms with Gasteiger partial charge in [-0.05, 0) is 12.8 Å². The molecule has 3 rings (SSSR count). The highest BCUT2D eigenvalue weighted by molar-refractivity contribution is 5.73. The fourth-order valence-electron chi connectivity index (χ4n) is 2.86. The molecule has 1 fully saturated rings. The Morgan fingerprint density at radius 3 is 2.75 bits per heavy atom. The van der Waals surface area contributed by atoms with Crippen molar-refractivity contribution in [3.8, 4) is 0 Å². The molecule has 0 saturated heterocycles. The highest BCUT2D eigenvalue weighted by atomic mass is 16.4. The molecule has 0 aromatic carbocycles. The third kappa shape index (κ3) is 2.42. The Labute approximate surface area is 117 Å². The summed E-state index contributed by atoms with van der Waals surface area (Å²) in [7, 11) is 0. The van der Waals surface area contributed by atoms with Gasteiger partial charge in [0.15, 0.2) is 0 Å². The maximum absolute atomic E-state index is 11.5. The van der Waals surface area contributed by atoms with E-state index >= 15 is 0 Å². The average Bonchev–Trinajstić information content (AvgIpc) is 3.18. The van der Waals surface area contributed by atoms with Crippen LogP contribution in [0.2, 0.25) is 0 Å². The van der Waals surface area contributed by atoms with E-state index in [1.165, 1.54) is 5.56 Å². The molecule has 1 aliphatic carbocycles. The molecule has 0 radical (unpaired) electrons. The van der Waals surface area contributed by atoms with Crippen molar-refractivity contribution in [3.05, 3.63) is 17.0 Å². The van der Waals surface area contributed by atoms with Gasteiger partial charge in [0.1, 0.15) is 0 Å². The summed E-state index contributed by atoms with van der Waals surface area (Å²) in [6, 6.07) is 0. The number of hydrogen-bond acceptors (Lipinski definition) is 3. The predicted molar refractivity (Wildman–Crippen MR) is 71.2 cm³/mol. The Hall–Kier alpha value is -1.85. The number of carbonyl (C=O) groups excluding carboxylic acids is 1. The molecule has 0 spiro atoms. The van der Waals surface area contributed by atoms with Gasteiger partial charge in [0.05, 0.1) is 18.7 Å². The zero-order valence-corrected chi connectivity index (χ0v) is 11.6. The number of nitrogens with zero attached hydrogens (tertiary/aromatic N) is 3. The molecule has 2 aliphatic rings. The summed E-state index contributed by atoms with van der Waals surface area (Å²) in [6.07, 6.45) is 3.17. The van der Waals surface area contributed by atoms with Crippen LogP contribution >= 0.6 is 0 Å². The minimum absolute atomic E-state index is 0.0919. The van der Waals surface area contributed by atoms with Crippen molar-refractivity contribution in [3.63, 3.8) is 0 Å². The van der Waals surface area contributed by atoms with Crippen LogP contribution in [0.4, 0.5) is 0 Å². The van der Waals surface area contributed by atoms with E-state index in [2.05, 4.69) is 5.10 Å². The van der Waals surface area contributed by atoms with Gasteiger partial charge in [-0.25, -0.2) is 0 Å². The second kappa shape index (κ2) is 4.92. The number of aliphatic carboxylic acids is 1. The summed E-state index contributed by atoms with van der Waals surface area (Å²) in [4.78, 5) is 24.1. The topological polar surface area (TPSA) is 75.4 Å². The lowest BCUT2D eigenvalue weighted by molar-refractivity contribution is -0.137. The Bertz CT molecular complexity index is 560. The van der Waals surface area contributed by atoms with Crippen molar-refractivity contribution < 1.29 is 14.7 Å². The van der Waals surface area contributed by atoms with Crippen LogP contribution in [-0.4, -0.2) is 38.2 Å². The lowest BCUT2D eigenvalue weighted by Crippen LogP contribution is -2.35. The molecule has 1 aromatic heterocycles. The molecule has 1 aliphatic heterocycles. The minimum Gasteiger partial charge on any atom is -0.481 e. The number of carboxylic acid groups (broad SMARTS) is 1. The zero-order chi connectivity index (χ0) is 14.3. The summed E-state index contributed by atoms with van der Waals surface area (Å²) < 4.78 is 1.86. The summed E-state index contributed by atoms with van der Waals surface area (Å²) >= 11 is 0. The first kappa shape index (κ1) is 13.1. The molecule has 6 heteroatoms. The molecule has 1 N–H and O–H groups in total. The maximum Gasteiger partial charge on any atom is 0.305 e. The number of carboxylic acids is 1. The fraction of sp³-hybridized carbons (Fsp3) is 0.643. The molecule has 0 bridgehead atoms. The molecular formula is C14H19N3O3. The number of hydrogen-bond donors (Lipinski definition) is 1. The first-order valence-electron chi connectivity index (χ1n) is 7.12. The molecule has 20 heavy (non-hydrogen) atoms. The zero-order valence-electron chi connectivity index (χ0n) is 11.6. The van der Waals surface area contributed by atoms with E-state index in [0.29, 0.717) is 25.6 Å². The van der Waals surface area contributed by atoms with Crippen LogP contribution in [-0.2, 0) is 29.1 Å². The maximum atomic E-state index is 11.5. The van der Waals surface area contributed by atoms with Crippen LogP contribution in [0.25, 0.3) is 0 Å². The van der Waals surface area contributed by atoms with Crippen molar-refractivity contribution >= 4 is 11.9 Å². The number of fused-ring (bicyclic) bond motifs is 1. The predicted octanol–water partition coefficient (Wildman–Crippen LogP) is 1.14. The summed E-state index contributed by atoms with van der Waals surface area (Å²) in [5, 5.41) is 13.5. The standard InChI is InChI=1S/C14H19N3O3/c1-9(18)16-6-4-12-11(8-16)14(10-2-3-10)15-17(12)7-5-13(19)20/h10H,2-8H2,1H3,(H,19,20). The van der Waals surface area contributed by atoms with Gasteiger partial charge in [0.25, 0.3) is 0 Å². The van der Waals surface area contributed by atoms with E-state index in [0.717, 1.165) is 30.7 Å². The van der Waals surface area contributed by atoms with Crippen LogP contribution in [0, 0.1) is 0 Å². The van der Waals surface area contributed by atoms with E-state index < -0.39 is 5.97 Å². The highest BCUT2D eigenvalue weighted by Gasteiger charge is 2.34. The largest absolute Gasteiger partial charge is 0.481 e. The molecule has 1 saturated carbocycles. The molecular weight excluding hydrogens is 258 g/mol. The molecule has 1 aromatic rings. The van der Waals surface area contributed by atoms with Crippen molar-refractivity contribution in [2.75, 3.05) is 6.54 Å². The Morgan fingerprint density at radius 2 is 2.15 bits per heavy atom. The Kier molecular flexibility index (Phi) is 3.23. The normalized spacial score (nSPS) is 17.9. The molecule has 6 nitrogen and oxygen atoms in total. The van der Waals surface area contributed by atoms with Crippen molar-refractivity contribution in [2.24, 2.45) is 0 Å². The van der Waals surface area contributed by atoms with Gasteiger partial charge in [-0.1, -0.05) is 0 Å². The quantitative estimate of drug-likeness (QED) is 0.895. The van der Waals surface area contributed by atoms with Gasteiger partial charge in [0, 0.05) is 43.6 Å². The van der Waals surface area contributed by atoms with Gasteiger partial charge >= 0.3 is 5.97 Å². The van der Waals surface area contributed by atoms with Gasteiger partial charge in [-0.2, -0.15) is 5.10 Å². The number of rotatable bonds is 4. The first-order chi connectivity index (χ1) is 9.56. The number of aromatic nitrogens is 2. The van der Waals surface area contributed by atoms with Crippen LogP contribution in [0.15, 0.2) is 0 Å².